The molecule has 1 aromatic heterocycles. The molecule has 20 heavy (non-hydrogen) atoms. The van der Waals surface area contributed by atoms with Crippen molar-refractivity contribution in [2.75, 3.05) is 6.54 Å². The SMILES string of the molecule is CC(C)(C)S(=O)(=O)N(CCC(=N)N)Cc1cccnc1. The maximum absolute atomic E-state index is 12.6. The average molecular weight is 298 g/mol. The number of amidine groups is 1. The third-order valence-electron chi connectivity index (χ3n) is 2.83. The van der Waals surface area contributed by atoms with E-state index in [1.165, 1.54) is 4.31 Å². The largest absolute Gasteiger partial charge is 0.388 e. The van der Waals surface area contributed by atoms with Gasteiger partial charge < -0.3 is 5.73 Å². The molecular formula is C13H22N4O2S. The van der Waals surface area contributed by atoms with E-state index < -0.39 is 14.8 Å². The van der Waals surface area contributed by atoms with Crippen molar-refractivity contribution < 1.29 is 8.42 Å². The van der Waals surface area contributed by atoms with Crippen molar-refractivity contribution >= 4 is 15.9 Å². The molecule has 0 aliphatic rings. The molecule has 6 nitrogen and oxygen atoms in total. The van der Waals surface area contributed by atoms with Crippen LogP contribution in [0.1, 0.15) is 32.8 Å². The maximum Gasteiger partial charge on any atom is 0.219 e. The molecule has 0 aliphatic carbocycles. The molecule has 0 saturated heterocycles. The summed E-state index contributed by atoms with van der Waals surface area (Å²) in [5.74, 6) is -0.0229. The van der Waals surface area contributed by atoms with Crippen molar-refractivity contribution in [3.8, 4) is 0 Å². The van der Waals surface area contributed by atoms with Crippen molar-refractivity contribution in [2.24, 2.45) is 5.73 Å². The first-order valence-electron chi connectivity index (χ1n) is 6.36. The molecule has 0 atom stereocenters. The van der Waals surface area contributed by atoms with Gasteiger partial charge in [-0.3, -0.25) is 10.4 Å². The minimum Gasteiger partial charge on any atom is -0.388 e. The van der Waals surface area contributed by atoms with Crippen molar-refractivity contribution in [1.82, 2.24) is 9.29 Å². The first-order valence-corrected chi connectivity index (χ1v) is 7.80. The number of sulfonamides is 1. The Balaban J connectivity index is 3.00. The van der Waals surface area contributed by atoms with Gasteiger partial charge in [0, 0.05) is 31.9 Å². The normalized spacial score (nSPS) is 12.6. The van der Waals surface area contributed by atoms with Crippen LogP contribution in [0.5, 0.6) is 0 Å². The number of hydrogen-bond acceptors (Lipinski definition) is 4. The molecule has 0 bridgehead atoms. The van der Waals surface area contributed by atoms with E-state index in [9.17, 15) is 8.42 Å². The highest BCUT2D eigenvalue weighted by Gasteiger charge is 2.35. The van der Waals surface area contributed by atoms with Gasteiger partial charge in [-0.05, 0) is 32.4 Å². The van der Waals surface area contributed by atoms with Crippen LogP contribution in [0.2, 0.25) is 0 Å². The van der Waals surface area contributed by atoms with Crippen LogP contribution in [0.25, 0.3) is 0 Å². The summed E-state index contributed by atoms with van der Waals surface area (Å²) in [6.07, 6.45) is 3.50. The van der Waals surface area contributed by atoms with E-state index in [1.807, 2.05) is 6.07 Å². The summed E-state index contributed by atoms with van der Waals surface area (Å²) >= 11 is 0. The maximum atomic E-state index is 12.6. The molecule has 0 unspecified atom stereocenters. The minimum absolute atomic E-state index is 0.0229. The molecule has 3 N–H and O–H groups in total. The summed E-state index contributed by atoms with van der Waals surface area (Å²) < 4.78 is 25.6. The van der Waals surface area contributed by atoms with Gasteiger partial charge in [-0.2, -0.15) is 4.31 Å². The summed E-state index contributed by atoms with van der Waals surface area (Å²) in [7, 11) is -3.48. The predicted octanol–water partition coefficient (Wildman–Crippen LogP) is 1.34. The van der Waals surface area contributed by atoms with Gasteiger partial charge in [0.15, 0.2) is 0 Å². The molecule has 0 spiro atoms. The van der Waals surface area contributed by atoms with Crippen LogP contribution in [0.4, 0.5) is 0 Å². The molecule has 1 heterocycles. The highest BCUT2D eigenvalue weighted by Crippen LogP contribution is 2.22. The van der Waals surface area contributed by atoms with Gasteiger partial charge in [-0.1, -0.05) is 6.07 Å². The molecule has 0 fully saturated rings. The zero-order chi connectivity index (χ0) is 15.4. The lowest BCUT2D eigenvalue weighted by molar-refractivity contribution is 0.396. The van der Waals surface area contributed by atoms with Gasteiger partial charge in [0.1, 0.15) is 0 Å². The molecule has 112 valence electrons. The van der Waals surface area contributed by atoms with Crippen LogP contribution in [0.3, 0.4) is 0 Å². The van der Waals surface area contributed by atoms with Gasteiger partial charge in [0.05, 0.1) is 10.6 Å². The first-order chi connectivity index (χ1) is 9.14. The van der Waals surface area contributed by atoms with Crippen LogP contribution >= 0.6 is 0 Å². The molecule has 0 aromatic carbocycles. The molecule has 1 aromatic rings. The fraction of sp³-hybridized carbons (Fsp3) is 0.538. The van der Waals surface area contributed by atoms with E-state index in [0.717, 1.165) is 5.56 Å². The lowest BCUT2D eigenvalue weighted by Crippen LogP contribution is -2.43. The fourth-order valence-corrected chi connectivity index (χ4v) is 3.04. The summed E-state index contributed by atoms with van der Waals surface area (Å²) in [5.41, 5.74) is 6.15. The smallest absolute Gasteiger partial charge is 0.219 e. The van der Waals surface area contributed by atoms with Crippen molar-refractivity contribution in [3.05, 3.63) is 30.1 Å². The molecule has 0 radical (unpaired) electrons. The van der Waals surface area contributed by atoms with Gasteiger partial charge in [0.2, 0.25) is 10.0 Å². The van der Waals surface area contributed by atoms with Crippen LogP contribution in [-0.2, 0) is 16.6 Å². The Bertz CT molecular complexity index is 549. The second-order valence-corrected chi connectivity index (χ2v) is 8.28. The number of nitrogens with two attached hydrogens (primary N) is 1. The third kappa shape index (κ3) is 4.28. The molecule has 7 heteroatoms. The molecule has 1 rings (SSSR count). The van der Waals surface area contributed by atoms with Gasteiger partial charge in [-0.25, -0.2) is 8.42 Å². The topological polar surface area (TPSA) is 100 Å². The van der Waals surface area contributed by atoms with E-state index in [-0.39, 0.29) is 25.3 Å². The average Bonchev–Trinajstić information content (AvgIpc) is 2.33. The number of aromatic nitrogens is 1. The molecular weight excluding hydrogens is 276 g/mol. The number of nitrogens with one attached hydrogen (secondary N) is 1. The lowest BCUT2D eigenvalue weighted by Gasteiger charge is -2.29. The van der Waals surface area contributed by atoms with Crippen molar-refractivity contribution in [3.63, 3.8) is 0 Å². The van der Waals surface area contributed by atoms with Crippen LogP contribution in [0, 0.1) is 5.41 Å². The van der Waals surface area contributed by atoms with E-state index >= 15 is 0 Å². The number of pyridine rings is 1. The second kappa shape index (κ2) is 6.32. The zero-order valence-corrected chi connectivity index (χ0v) is 12.9. The Labute approximate surface area is 120 Å². The van der Waals surface area contributed by atoms with Crippen molar-refractivity contribution in [1.29, 1.82) is 5.41 Å². The van der Waals surface area contributed by atoms with Crippen LogP contribution in [-0.4, -0.2) is 34.8 Å². The second-order valence-electron chi connectivity index (χ2n) is 5.59. The Kier molecular flexibility index (Phi) is 5.24. The summed E-state index contributed by atoms with van der Waals surface area (Å²) in [5, 5.41) is 7.27. The highest BCUT2D eigenvalue weighted by molar-refractivity contribution is 7.90. The standard InChI is InChI=1S/C13H22N4O2S/c1-13(2,3)20(18,19)17(8-6-12(14)15)10-11-5-4-7-16-9-11/h4-5,7,9H,6,8,10H2,1-3H3,(H3,14,15). The quantitative estimate of drug-likeness (QED) is 0.611. The van der Waals surface area contributed by atoms with Gasteiger partial charge in [0.25, 0.3) is 0 Å². The summed E-state index contributed by atoms with van der Waals surface area (Å²) in [4.78, 5) is 3.99. The Morgan fingerprint density at radius 2 is 2.10 bits per heavy atom. The Morgan fingerprint density at radius 1 is 1.45 bits per heavy atom. The third-order valence-corrected chi connectivity index (χ3v) is 5.37. The summed E-state index contributed by atoms with van der Waals surface area (Å²) in [6, 6.07) is 3.59. The van der Waals surface area contributed by atoms with Crippen LogP contribution in [0.15, 0.2) is 24.5 Å². The van der Waals surface area contributed by atoms with E-state index in [1.54, 1.807) is 39.2 Å². The monoisotopic (exact) mass is 298 g/mol. The van der Waals surface area contributed by atoms with Gasteiger partial charge >= 0.3 is 0 Å². The number of hydrogen-bond donors (Lipinski definition) is 2. The van der Waals surface area contributed by atoms with Crippen LogP contribution < -0.4 is 5.73 Å². The van der Waals surface area contributed by atoms with Gasteiger partial charge in [-0.15, -0.1) is 0 Å². The summed E-state index contributed by atoms with van der Waals surface area (Å²) in [6.45, 7) is 5.41. The Hall–Kier alpha value is -1.47. The lowest BCUT2D eigenvalue weighted by atomic mass is 10.3. The molecule has 0 amide bonds. The van der Waals surface area contributed by atoms with E-state index in [0.29, 0.717) is 0 Å². The first kappa shape index (κ1) is 16.6. The molecule has 0 saturated carbocycles. The molecule has 0 aliphatic heterocycles. The number of nitrogens with zero attached hydrogens (tertiary/aromatic N) is 2. The predicted molar refractivity (Wildman–Crippen MR) is 79.9 cm³/mol. The number of rotatable bonds is 6. The fourth-order valence-electron chi connectivity index (χ4n) is 1.61. The van der Waals surface area contributed by atoms with E-state index in [4.69, 9.17) is 11.1 Å². The Morgan fingerprint density at radius 3 is 2.55 bits per heavy atom. The minimum atomic E-state index is -3.48. The van der Waals surface area contributed by atoms with E-state index in [2.05, 4.69) is 4.98 Å². The zero-order valence-electron chi connectivity index (χ0n) is 12.1. The highest BCUT2D eigenvalue weighted by atomic mass is 32.2. The van der Waals surface area contributed by atoms with Crippen molar-refractivity contribution in [2.45, 2.75) is 38.5 Å².